The highest BCUT2D eigenvalue weighted by Gasteiger charge is 2.26. The van der Waals surface area contributed by atoms with Crippen molar-refractivity contribution in [1.29, 1.82) is 0 Å². The van der Waals surface area contributed by atoms with Gasteiger partial charge in [-0.3, -0.25) is 4.79 Å². The Bertz CT molecular complexity index is 392. The smallest absolute Gasteiger partial charge is 0.255 e. The van der Waals surface area contributed by atoms with Gasteiger partial charge in [-0.25, -0.2) is 0 Å². The third kappa shape index (κ3) is 3.31. The Kier molecular flexibility index (Phi) is 4.55. The van der Waals surface area contributed by atoms with Crippen molar-refractivity contribution in [2.45, 2.75) is 26.3 Å². The number of thiophene rings is 1. The number of hydrogen-bond acceptors (Lipinski definition) is 2. The lowest BCUT2D eigenvalue weighted by Crippen LogP contribution is -2.45. The minimum atomic E-state index is -0.182. The van der Waals surface area contributed by atoms with E-state index in [-0.39, 0.29) is 11.4 Å². The topological polar surface area (TPSA) is 20.3 Å². The van der Waals surface area contributed by atoms with Crippen LogP contribution in [0.1, 0.15) is 31.1 Å². The molecule has 88 valence electrons. The van der Waals surface area contributed by atoms with Gasteiger partial charge in [0.05, 0.1) is 8.45 Å². The molecule has 0 bridgehead atoms. The van der Waals surface area contributed by atoms with Crippen LogP contribution in [-0.2, 0) is 0 Å². The summed E-state index contributed by atoms with van der Waals surface area (Å²) in [6, 6.07) is 1.93. The Morgan fingerprint density at radius 3 is 2.62 bits per heavy atom. The maximum atomic E-state index is 12.3. The van der Waals surface area contributed by atoms with Crippen LogP contribution >= 0.6 is 33.9 Å². The first-order valence-electron chi connectivity index (χ1n) is 5.03. The molecule has 0 fully saturated rings. The molecule has 0 saturated heterocycles. The van der Waals surface area contributed by atoms with Gasteiger partial charge in [-0.2, -0.15) is 0 Å². The zero-order chi connectivity index (χ0) is 12.3. The van der Waals surface area contributed by atoms with E-state index >= 15 is 0 Å². The predicted molar refractivity (Wildman–Crippen MR) is 78.0 cm³/mol. The van der Waals surface area contributed by atoms with E-state index in [4.69, 9.17) is 0 Å². The molecule has 1 rings (SSSR count). The van der Waals surface area contributed by atoms with E-state index in [1.807, 2.05) is 37.1 Å². The van der Waals surface area contributed by atoms with Crippen molar-refractivity contribution in [1.82, 2.24) is 4.90 Å². The highest BCUT2D eigenvalue weighted by molar-refractivity contribution is 14.1. The van der Waals surface area contributed by atoms with Gasteiger partial charge in [-0.1, -0.05) is 6.08 Å². The molecule has 2 nitrogen and oxygen atoms in total. The van der Waals surface area contributed by atoms with E-state index in [1.54, 1.807) is 17.4 Å². The van der Waals surface area contributed by atoms with E-state index in [9.17, 15) is 4.79 Å². The average molecular weight is 349 g/mol. The van der Waals surface area contributed by atoms with Crippen molar-refractivity contribution in [3.8, 4) is 0 Å². The summed E-state index contributed by atoms with van der Waals surface area (Å²) < 4.78 is 1.13. The van der Waals surface area contributed by atoms with Crippen LogP contribution in [0.4, 0.5) is 0 Å². The lowest BCUT2D eigenvalue weighted by molar-refractivity contribution is 0.0617. The molecule has 1 aromatic rings. The summed E-state index contributed by atoms with van der Waals surface area (Å²) in [6.07, 6.45) is 1.76. The molecule has 4 heteroatoms. The fourth-order valence-corrected chi connectivity index (χ4v) is 2.69. The highest BCUT2D eigenvalue weighted by Crippen LogP contribution is 2.22. The Morgan fingerprint density at radius 1 is 1.62 bits per heavy atom. The highest BCUT2D eigenvalue weighted by atomic mass is 127. The summed E-state index contributed by atoms with van der Waals surface area (Å²) in [6.45, 7) is 10.4. The summed E-state index contributed by atoms with van der Waals surface area (Å²) >= 11 is 3.82. The van der Waals surface area contributed by atoms with Gasteiger partial charge in [0.15, 0.2) is 0 Å². The van der Waals surface area contributed by atoms with Crippen LogP contribution in [0, 0.1) is 2.88 Å². The molecule has 0 spiro atoms. The van der Waals surface area contributed by atoms with E-state index in [0.717, 1.165) is 8.45 Å². The van der Waals surface area contributed by atoms with Crippen molar-refractivity contribution < 1.29 is 4.79 Å². The Hall–Kier alpha value is -0.360. The number of carbonyl (C=O) groups is 1. The Labute approximate surface area is 114 Å². The molecule has 0 aliphatic carbocycles. The van der Waals surface area contributed by atoms with E-state index in [2.05, 4.69) is 29.2 Å². The van der Waals surface area contributed by atoms with Crippen molar-refractivity contribution in [3.63, 3.8) is 0 Å². The summed E-state index contributed by atoms with van der Waals surface area (Å²) in [7, 11) is 0. The fourth-order valence-electron chi connectivity index (χ4n) is 1.37. The normalized spacial score (nSPS) is 11.2. The summed E-state index contributed by atoms with van der Waals surface area (Å²) in [5.74, 6) is 0.0755. The molecule has 1 heterocycles. The van der Waals surface area contributed by atoms with Crippen molar-refractivity contribution in [3.05, 3.63) is 32.5 Å². The molecule has 0 aromatic carbocycles. The molecule has 0 N–H and O–H groups in total. The summed E-state index contributed by atoms with van der Waals surface area (Å²) in [5.41, 5.74) is 0.588. The SMILES string of the molecule is C=CCN(C(=O)c1csc(I)c1)C(C)(C)C. The molecule has 0 aliphatic heterocycles. The second-order valence-corrected chi connectivity index (χ2v) is 7.32. The maximum Gasteiger partial charge on any atom is 0.255 e. The van der Waals surface area contributed by atoms with Crippen molar-refractivity contribution >= 4 is 39.8 Å². The van der Waals surface area contributed by atoms with Crippen LogP contribution < -0.4 is 0 Å². The Balaban J connectivity index is 2.96. The molecule has 0 atom stereocenters. The second kappa shape index (κ2) is 5.31. The van der Waals surface area contributed by atoms with Crippen molar-refractivity contribution in [2.24, 2.45) is 0 Å². The van der Waals surface area contributed by atoms with Crippen LogP contribution in [0.2, 0.25) is 0 Å². The van der Waals surface area contributed by atoms with Gasteiger partial charge in [0.1, 0.15) is 0 Å². The first-order valence-corrected chi connectivity index (χ1v) is 6.99. The van der Waals surface area contributed by atoms with Crippen LogP contribution in [0.15, 0.2) is 24.1 Å². The molecule has 1 aromatic heterocycles. The van der Waals surface area contributed by atoms with Crippen LogP contribution in [0.3, 0.4) is 0 Å². The summed E-state index contributed by atoms with van der Waals surface area (Å²) in [5, 5.41) is 1.91. The third-order valence-corrected chi connectivity index (χ3v) is 3.97. The van der Waals surface area contributed by atoms with Crippen LogP contribution in [0.25, 0.3) is 0 Å². The molecule has 16 heavy (non-hydrogen) atoms. The number of nitrogens with zero attached hydrogens (tertiary/aromatic N) is 1. The molecule has 0 unspecified atom stereocenters. The van der Waals surface area contributed by atoms with Gasteiger partial charge in [0.25, 0.3) is 5.91 Å². The van der Waals surface area contributed by atoms with E-state index in [1.165, 1.54) is 0 Å². The number of rotatable bonds is 3. The first-order chi connectivity index (χ1) is 7.36. The standard InChI is InChI=1S/C12H16INOS/c1-5-6-14(12(2,3)4)11(15)9-7-10(13)16-8-9/h5,7-8H,1,6H2,2-4H3. The zero-order valence-electron chi connectivity index (χ0n) is 9.79. The van der Waals surface area contributed by atoms with Crippen LogP contribution in [-0.4, -0.2) is 22.9 Å². The molecular weight excluding hydrogens is 333 g/mol. The number of carbonyl (C=O) groups excluding carboxylic acids is 1. The maximum absolute atomic E-state index is 12.3. The second-order valence-electron chi connectivity index (χ2n) is 4.51. The number of amides is 1. The van der Waals surface area contributed by atoms with Crippen molar-refractivity contribution in [2.75, 3.05) is 6.54 Å². The minimum absolute atomic E-state index is 0.0755. The van der Waals surface area contributed by atoms with Gasteiger partial charge in [0, 0.05) is 17.5 Å². The van der Waals surface area contributed by atoms with Gasteiger partial charge >= 0.3 is 0 Å². The molecule has 1 amide bonds. The predicted octanol–water partition coefficient (Wildman–Crippen LogP) is 3.78. The fraction of sp³-hybridized carbons (Fsp3) is 0.417. The zero-order valence-corrected chi connectivity index (χ0v) is 12.8. The first kappa shape index (κ1) is 13.7. The monoisotopic (exact) mass is 349 g/mol. The van der Waals surface area contributed by atoms with E-state index < -0.39 is 0 Å². The van der Waals surface area contributed by atoms with E-state index in [0.29, 0.717) is 6.54 Å². The molecular formula is C12H16INOS. The van der Waals surface area contributed by atoms with Gasteiger partial charge in [-0.05, 0) is 49.4 Å². The largest absolute Gasteiger partial charge is 0.330 e. The summed E-state index contributed by atoms with van der Waals surface area (Å²) in [4.78, 5) is 14.1. The molecule has 0 saturated carbocycles. The number of hydrogen-bond donors (Lipinski definition) is 0. The Morgan fingerprint density at radius 2 is 2.25 bits per heavy atom. The number of halogens is 1. The third-order valence-electron chi connectivity index (χ3n) is 2.18. The average Bonchev–Trinajstić information content (AvgIpc) is 2.58. The lowest BCUT2D eigenvalue weighted by Gasteiger charge is -2.34. The molecule has 0 radical (unpaired) electrons. The quantitative estimate of drug-likeness (QED) is 0.601. The van der Waals surface area contributed by atoms with Crippen LogP contribution in [0.5, 0.6) is 0 Å². The van der Waals surface area contributed by atoms with Gasteiger partial charge in [-0.15, -0.1) is 17.9 Å². The van der Waals surface area contributed by atoms with Gasteiger partial charge < -0.3 is 4.90 Å². The van der Waals surface area contributed by atoms with Gasteiger partial charge in [0.2, 0.25) is 0 Å². The molecule has 0 aliphatic rings. The minimum Gasteiger partial charge on any atom is -0.330 e. The lowest BCUT2D eigenvalue weighted by atomic mass is 10.0.